The van der Waals surface area contributed by atoms with Crippen LogP contribution in [0.25, 0.3) is 0 Å². The fourth-order valence-corrected chi connectivity index (χ4v) is 5.78. The molecule has 3 rings (SSSR count). The highest BCUT2D eigenvalue weighted by Gasteiger charge is 2.60. The number of rotatable bonds is 7. The fourth-order valence-electron chi connectivity index (χ4n) is 4.26. The summed E-state index contributed by atoms with van der Waals surface area (Å²) in [5, 5.41) is 34.2. The van der Waals surface area contributed by atoms with E-state index in [1.165, 1.54) is 16.7 Å². The molecule has 28 heavy (non-hydrogen) atoms. The van der Waals surface area contributed by atoms with Gasteiger partial charge in [0.2, 0.25) is 11.8 Å². The maximum atomic E-state index is 12.4. The van der Waals surface area contributed by atoms with Gasteiger partial charge in [0.1, 0.15) is 12.1 Å². The van der Waals surface area contributed by atoms with E-state index in [0.717, 1.165) is 6.42 Å². The molecule has 0 aromatic heterocycles. The Labute approximate surface area is 167 Å². The Morgan fingerprint density at radius 3 is 2.82 bits per heavy atom. The number of hydrogen-bond donors (Lipinski definition) is 4. The second-order valence-corrected chi connectivity index (χ2v) is 8.83. The van der Waals surface area contributed by atoms with Crippen molar-refractivity contribution in [2.45, 2.75) is 50.1 Å². The van der Waals surface area contributed by atoms with Crippen molar-refractivity contribution in [3.8, 4) is 6.07 Å². The smallest absolute Gasteiger partial charge is 0.353 e. The number of nitrogens with zero attached hydrogens (tertiary/aromatic N) is 2. The zero-order chi connectivity index (χ0) is 20.6. The summed E-state index contributed by atoms with van der Waals surface area (Å²) in [6.07, 6.45) is -0.253. The van der Waals surface area contributed by atoms with Gasteiger partial charge in [-0.15, -0.1) is 11.8 Å². The van der Waals surface area contributed by atoms with E-state index in [2.05, 4.69) is 10.6 Å². The van der Waals surface area contributed by atoms with Crippen molar-refractivity contribution in [3.05, 3.63) is 10.6 Å². The molecule has 3 aliphatic heterocycles. The first kappa shape index (κ1) is 20.6. The summed E-state index contributed by atoms with van der Waals surface area (Å²) in [4.78, 5) is 37.6. The van der Waals surface area contributed by atoms with Gasteiger partial charge < -0.3 is 25.7 Å². The zero-order valence-electron chi connectivity index (χ0n) is 15.7. The number of carbonyl (C=O) groups is 3. The normalized spacial score (nSPS) is 32.6. The van der Waals surface area contributed by atoms with Crippen molar-refractivity contribution in [1.82, 2.24) is 15.5 Å². The van der Waals surface area contributed by atoms with Crippen LogP contribution >= 0.6 is 11.8 Å². The van der Waals surface area contributed by atoms with E-state index in [1.807, 2.05) is 6.92 Å². The Morgan fingerprint density at radius 2 is 2.21 bits per heavy atom. The van der Waals surface area contributed by atoms with Gasteiger partial charge in [0.05, 0.1) is 24.1 Å². The molecule has 0 aliphatic carbocycles. The molecule has 6 atom stereocenters. The van der Waals surface area contributed by atoms with Gasteiger partial charge in [-0.05, 0) is 13.3 Å². The largest absolute Gasteiger partial charge is 0.477 e. The molecule has 0 aromatic carbocycles. The Kier molecular flexibility index (Phi) is 5.98. The lowest BCUT2D eigenvalue weighted by atomic mass is 9.79. The fraction of sp³-hybridized carbons (Fsp3) is 0.667. The highest BCUT2D eigenvalue weighted by Crippen LogP contribution is 2.51. The van der Waals surface area contributed by atoms with Crippen LogP contribution in [0.2, 0.25) is 0 Å². The molecule has 10 heteroatoms. The number of carboxylic acids is 1. The van der Waals surface area contributed by atoms with E-state index in [9.17, 15) is 24.6 Å². The third-order valence-electron chi connectivity index (χ3n) is 5.57. The molecular weight excluding hydrogens is 384 g/mol. The van der Waals surface area contributed by atoms with Crippen LogP contribution in [0.1, 0.15) is 26.7 Å². The van der Waals surface area contributed by atoms with Crippen LogP contribution in [0, 0.1) is 23.2 Å². The average Bonchev–Trinajstić information content (AvgIpc) is 3.15. The third-order valence-corrected chi connectivity index (χ3v) is 7.08. The molecule has 9 nitrogen and oxygen atoms in total. The van der Waals surface area contributed by atoms with E-state index in [0.29, 0.717) is 18.0 Å². The summed E-state index contributed by atoms with van der Waals surface area (Å²) in [6.45, 7) is 4.53. The van der Waals surface area contributed by atoms with Gasteiger partial charge in [-0.25, -0.2) is 4.79 Å². The molecule has 2 amide bonds. The number of nitrogens with one attached hydrogen (secondary N) is 2. The topological polar surface area (TPSA) is 143 Å². The molecule has 0 aromatic rings. The summed E-state index contributed by atoms with van der Waals surface area (Å²) in [6, 6.07) is 1.54. The lowest BCUT2D eigenvalue weighted by molar-refractivity contribution is -0.163. The molecule has 0 bridgehead atoms. The molecule has 152 valence electrons. The van der Waals surface area contributed by atoms with Gasteiger partial charge in [0.15, 0.2) is 0 Å². The van der Waals surface area contributed by atoms with Crippen LogP contribution in [0.5, 0.6) is 0 Å². The van der Waals surface area contributed by atoms with Gasteiger partial charge in [-0.2, -0.15) is 5.26 Å². The SMILES string of the molecule is C[C@@H](O)[C@H]1C(=O)N2C(C(=O)O)=C(S[C@@H]3CN[C@H](CNC(=O)CC#N)C3)[C@H](C)[C@H]12. The van der Waals surface area contributed by atoms with Crippen molar-refractivity contribution in [2.75, 3.05) is 13.1 Å². The molecule has 3 aliphatic rings. The number of nitriles is 1. The van der Waals surface area contributed by atoms with Gasteiger partial charge in [0, 0.05) is 35.2 Å². The van der Waals surface area contributed by atoms with Gasteiger partial charge in [-0.3, -0.25) is 9.59 Å². The molecule has 2 fully saturated rings. The van der Waals surface area contributed by atoms with Crippen molar-refractivity contribution < 1.29 is 24.6 Å². The highest BCUT2D eigenvalue weighted by atomic mass is 32.2. The second-order valence-electron chi connectivity index (χ2n) is 7.49. The Bertz CT molecular complexity index is 762. The predicted octanol–water partition coefficient (Wildman–Crippen LogP) is -0.366. The van der Waals surface area contributed by atoms with Crippen LogP contribution in [-0.4, -0.2) is 69.4 Å². The van der Waals surface area contributed by atoms with Crippen molar-refractivity contribution in [2.24, 2.45) is 11.8 Å². The molecule has 0 spiro atoms. The first-order valence-electron chi connectivity index (χ1n) is 9.28. The van der Waals surface area contributed by atoms with Gasteiger partial charge >= 0.3 is 5.97 Å². The summed E-state index contributed by atoms with van der Waals surface area (Å²) >= 11 is 1.47. The average molecular weight is 408 g/mol. The van der Waals surface area contributed by atoms with Gasteiger partial charge in [-0.1, -0.05) is 6.92 Å². The number of aliphatic carboxylic acids is 1. The maximum absolute atomic E-state index is 12.4. The summed E-state index contributed by atoms with van der Waals surface area (Å²) in [5.74, 6) is -2.48. The van der Waals surface area contributed by atoms with Crippen LogP contribution in [0.3, 0.4) is 0 Å². The van der Waals surface area contributed by atoms with Crippen molar-refractivity contribution in [3.63, 3.8) is 0 Å². The van der Waals surface area contributed by atoms with Gasteiger partial charge in [0.25, 0.3) is 0 Å². The number of aliphatic hydroxyl groups excluding tert-OH is 1. The number of carbonyl (C=O) groups excluding carboxylic acids is 2. The highest BCUT2D eigenvalue weighted by molar-refractivity contribution is 8.03. The number of amides is 2. The van der Waals surface area contributed by atoms with E-state index < -0.39 is 18.0 Å². The molecule has 2 saturated heterocycles. The predicted molar refractivity (Wildman–Crippen MR) is 101 cm³/mol. The van der Waals surface area contributed by atoms with E-state index in [4.69, 9.17) is 5.26 Å². The van der Waals surface area contributed by atoms with Crippen LogP contribution in [0.4, 0.5) is 0 Å². The van der Waals surface area contributed by atoms with Crippen molar-refractivity contribution >= 4 is 29.5 Å². The number of hydrogen-bond acceptors (Lipinski definition) is 7. The lowest BCUT2D eigenvalue weighted by Gasteiger charge is -2.46. The minimum absolute atomic E-state index is 0.0372. The number of aliphatic hydroxyl groups is 1. The Balaban J connectivity index is 1.65. The zero-order valence-corrected chi connectivity index (χ0v) is 16.5. The van der Waals surface area contributed by atoms with Crippen LogP contribution in [-0.2, 0) is 14.4 Å². The summed E-state index contributed by atoms with van der Waals surface area (Å²) in [5.41, 5.74) is 0.0372. The molecule has 0 saturated carbocycles. The third kappa shape index (κ3) is 3.62. The minimum atomic E-state index is -1.12. The lowest BCUT2D eigenvalue weighted by Crippen LogP contribution is -2.63. The van der Waals surface area contributed by atoms with Crippen LogP contribution < -0.4 is 10.6 Å². The van der Waals surface area contributed by atoms with E-state index >= 15 is 0 Å². The van der Waals surface area contributed by atoms with Crippen molar-refractivity contribution in [1.29, 1.82) is 5.26 Å². The molecule has 3 heterocycles. The second kappa shape index (κ2) is 8.11. The summed E-state index contributed by atoms with van der Waals surface area (Å²) in [7, 11) is 0. The van der Waals surface area contributed by atoms with E-state index in [-0.39, 0.29) is 47.2 Å². The number of carboxylic acid groups (broad SMARTS) is 1. The Morgan fingerprint density at radius 1 is 1.50 bits per heavy atom. The monoisotopic (exact) mass is 408 g/mol. The minimum Gasteiger partial charge on any atom is -0.477 e. The molecule has 4 N–H and O–H groups in total. The molecular formula is C18H24N4O5S. The first-order chi connectivity index (χ1) is 13.3. The number of β-lactam (4-membered cyclic amide) rings is 1. The quantitative estimate of drug-likeness (QED) is 0.418. The summed E-state index contributed by atoms with van der Waals surface area (Å²) < 4.78 is 0. The first-order valence-corrected chi connectivity index (χ1v) is 10.2. The maximum Gasteiger partial charge on any atom is 0.353 e. The number of thioether (sulfide) groups is 1. The molecule has 0 unspecified atom stereocenters. The van der Waals surface area contributed by atoms with E-state index in [1.54, 1.807) is 13.0 Å². The van der Waals surface area contributed by atoms with Crippen LogP contribution in [0.15, 0.2) is 10.6 Å². The Hall–Kier alpha value is -2.09. The molecule has 0 radical (unpaired) electrons. The standard InChI is InChI=1S/C18H24N4O5S/c1-8-14-13(9(2)23)17(25)22(14)15(18(26)27)16(8)28-11-5-10(20-7-11)6-21-12(24)3-4-19/h8-11,13-14,20,23H,3,5-7H2,1-2H3,(H,21,24)(H,26,27)/t8-,9-,10+,11+,13-,14-/m1/s1. The number of fused-ring (bicyclic) bond motifs is 1.